The van der Waals surface area contributed by atoms with Crippen LogP contribution in [0.2, 0.25) is 0 Å². The molecular weight excluding hydrogens is 411 g/mol. The number of nitrogens with one attached hydrogen (secondary N) is 1. The average Bonchev–Trinajstić information content (AvgIpc) is 2.95. The standard InChI is InChI=1S/C19H24F3N3OS.ClH/c1-25-16(12-27-18(25)24-14-7-3-2-4-8-14)11-17(26)23-15-9-5-6-13(10-15)19(20,21)22;/h5-6,9-10,14,16H,2-4,7-8,11-12H2,1H3,(H,23,26);1H. The molecule has 1 unspecified atom stereocenters. The molecule has 1 N–H and O–H groups in total. The lowest BCUT2D eigenvalue weighted by atomic mass is 9.96. The number of hydrogen-bond donors (Lipinski definition) is 1. The molecule has 0 radical (unpaired) electrons. The molecule has 1 aliphatic heterocycles. The minimum atomic E-state index is -4.42. The van der Waals surface area contributed by atoms with Gasteiger partial charge in [-0.2, -0.15) is 13.2 Å². The summed E-state index contributed by atoms with van der Waals surface area (Å²) in [5.74, 6) is 0.476. The molecule has 1 aliphatic carbocycles. The number of benzene rings is 1. The molecule has 1 aromatic rings. The van der Waals surface area contributed by atoms with Crippen molar-refractivity contribution in [2.45, 2.75) is 56.8 Å². The number of rotatable bonds is 4. The topological polar surface area (TPSA) is 44.7 Å². The van der Waals surface area contributed by atoms with Crippen molar-refractivity contribution in [3.8, 4) is 0 Å². The molecule has 2 aliphatic rings. The Labute approximate surface area is 173 Å². The van der Waals surface area contributed by atoms with Crippen LogP contribution in [0.15, 0.2) is 29.3 Å². The molecule has 1 amide bonds. The van der Waals surface area contributed by atoms with Gasteiger partial charge < -0.3 is 10.2 Å². The first-order valence-electron chi connectivity index (χ1n) is 9.23. The van der Waals surface area contributed by atoms with Gasteiger partial charge in [-0.3, -0.25) is 9.79 Å². The minimum Gasteiger partial charge on any atom is -0.350 e. The number of halogens is 4. The van der Waals surface area contributed by atoms with E-state index in [1.807, 2.05) is 11.9 Å². The van der Waals surface area contributed by atoms with Crippen LogP contribution in [-0.4, -0.2) is 40.9 Å². The molecule has 0 spiro atoms. The Bertz CT molecular complexity index is 708. The van der Waals surface area contributed by atoms with Gasteiger partial charge in [0.15, 0.2) is 5.17 Å². The number of thioether (sulfide) groups is 1. The number of nitrogens with zero attached hydrogens (tertiary/aromatic N) is 2. The first-order valence-corrected chi connectivity index (χ1v) is 10.2. The lowest BCUT2D eigenvalue weighted by Gasteiger charge is -2.23. The van der Waals surface area contributed by atoms with E-state index in [1.165, 1.54) is 31.4 Å². The summed E-state index contributed by atoms with van der Waals surface area (Å²) in [4.78, 5) is 19.2. The molecule has 0 bridgehead atoms. The van der Waals surface area contributed by atoms with Crippen LogP contribution in [0, 0.1) is 0 Å². The van der Waals surface area contributed by atoms with Crippen molar-refractivity contribution in [1.82, 2.24) is 4.90 Å². The van der Waals surface area contributed by atoms with E-state index in [1.54, 1.807) is 11.8 Å². The van der Waals surface area contributed by atoms with E-state index in [-0.39, 0.29) is 36.5 Å². The Kier molecular flexibility index (Phi) is 8.07. The van der Waals surface area contributed by atoms with Gasteiger partial charge in [0.2, 0.25) is 5.91 Å². The van der Waals surface area contributed by atoms with Crippen molar-refractivity contribution in [1.29, 1.82) is 0 Å². The number of anilines is 1. The summed E-state index contributed by atoms with van der Waals surface area (Å²) in [7, 11) is 1.93. The van der Waals surface area contributed by atoms with Gasteiger partial charge in [0, 0.05) is 31.0 Å². The minimum absolute atomic E-state index is 0. The summed E-state index contributed by atoms with van der Waals surface area (Å²) >= 11 is 1.65. The summed E-state index contributed by atoms with van der Waals surface area (Å²) in [6, 6.07) is 5.09. The highest BCUT2D eigenvalue weighted by Gasteiger charge is 2.32. The van der Waals surface area contributed by atoms with Crippen LogP contribution in [0.4, 0.5) is 18.9 Å². The highest BCUT2D eigenvalue weighted by Crippen LogP contribution is 2.31. The predicted octanol–water partition coefficient (Wildman–Crippen LogP) is 5.19. The van der Waals surface area contributed by atoms with Gasteiger partial charge in [-0.05, 0) is 31.0 Å². The Balaban J connectivity index is 0.00000280. The number of amides is 1. The van der Waals surface area contributed by atoms with Gasteiger partial charge in [-0.25, -0.2) is 0 Å². The third kappa shape index (κ3) is 6.04. The molecular formula is C19H25ClF3N3OS. The molecule has 0 aromatic heterocycles. The SMILES string of the molecule is CN1C(=NC2CCCCC2)SCC1CC(=O)Nc1cccc(C(F)(F)F)c1.Cl. The molecule has 4 nitrogen and oxygen atoms in total. The number of aliphatic imine (C=N–C) groups is 1. The van der Waals surface area contributed by atoms with Gasteiger partial charge in [-0.1, -0.05) is 37.1 Å². The highest BCUT2D eigenvalue weighted by molar-refractivity contribution is 8.14. The molecule has 28 heavy (non-hydrogen) atoms. The second kappa shape index (κ2) is 9.87. The second-order valence-electron chi connectivity index (χ2n) is 7.11. The van der Waals surface area contributed by atoms with E-state index in [0.29, 0.717) is 6.04 Å². The van der Waals surface area contributed by atoms with Gasteiger partial charge in [0.25, 0.3) is 0 Å². The van der Waals surface area contributed by atoms with Crippen LogP contribution in [-0.2, 0) is 11.0 Å². The van der Waals surface area contributed by atoms with E-state index >= 15 is 0 Å². The molecule has 2 fully saturated rings. The second-order valence-corrected chi connectivity index (χ2v) is 8.10. The van der Waals surface area contributed by atoms with E-state index in [2.05, 4.69) is 5.32 Å². The largest absolute Gasteiger partial charge is 0.416 e. The molecule has 156 valence electrons. The van der Waals surface area contributed by atoms with Gasteiger partial charge in [0.1, 0.15) is 0 Å². The molecule has 1 saturated carbocycles. The van der Waals surface area contributed by atoms with Crippen molar-refractivity contribution in [2.75, 3.05) is 18.1 Å². The number of amidine groups is 1. The molecule has 1 saturated heterocycles. The first-order chi connectivity index (χ1) is 12.8. The Morgan fingerprint density at radius 2 is 2.00 bits per heavy atom. The summed E-state index contributed by atoms with van der Waals surface area (Å²) in [5, 5.41) is 3.55. The zero-order chi connectivity index (χ0) is 19.4. The van der Waals surface area contributed by atoms with Crippen LogP contribution < -0.4 is 5.32 Å². The monoisotopic (exact) mass is 435 g/mol. The molecule has 1 atom stereocenters. The fourth-order valence-electron chi connectivity index (χ4n) is 3.43. The van der Waals surface area contributed by atoms with Crippen molar-refractivity contribution in [3.05, 3.63) is 29.8 Å². The summed E-state index contributed by atoms with van der Waals surface area (Å²) in [5.41, 5.74) is -0.602. The normalized spacial score (nSPS) is 22.2. The maximum Gasteiger partial charge on any atom is 0.416 e. The zero-order valence-corrected chi connectivity index (χ0v) is 17.3. The highest BCUT2D eigenvalue weighted by atomic mass is 35.5. The maximum absolute atomic E-state index is 12.8. The number of carbonyl (C=O) groups is 1. The van der Waals surface area contributed by atoms with Gasteiger partial charge in [0.05, 0.1) is 11.6 Å². The Hall–Kier alpha value is -1.41. The molecule has 1 aromatic carbocycles. The summed E-state index contributed by atoms with van der Waals surface area (Å²) < 4.78 is 38.4. The number of hydrogen-bond acceptors (Lipinski definition) is 3. The van der Waals surface area contributed by atoms with Crippen molar-refractivity contribution < 1.29 is 18.0 Å². The first kappa shape index (κ1) is 22.9. The number of alkyl halides is 3. The smallest absolute Gasteiger partial charge is 0.350 e. The Morgan fingerprint density at radius 3 is 2.68 bits per heavy atom. The van der Waals surface area contributed by atoms with Crippen LogP contribution >= 0.6 is 24.2 Å². The fourth-order valence-corrected chi connectivity index (χ4v) is 4.69. The average molecular weight is 436 g/mol. The zero-order valence-electron chi connectivity index (χ0n) is 15.7. The van der Waals surface area contributed by atoms with Gasteiger partial charge >= 0.3 is 6.18 Å². The third-order valence-corrected chi connectivity index (χ3v) is 6.22. The maximum atomic E-state index is 12.8. The van der Waals surface area contributed by atoms with Crippen LogP contribution in [0.5, 0.6) is 0 Å². The van der Waals surface area contributed by atoms with E-state index in [4.69, 9.17) is 4.99 Å². The third-order valence-electron chi connectivity index (χ3n) is 5.02. The van der Waals surface area contributed by atoms with Gasteiger partial charge in [-0.15, -0.1) is 12.4 Å². The summed E-state index contributed by atoms with van der Waals surface area (Å²) in [6.07, 6.45) is 1.77. The molecule has 3 rings (SSSR count). The molecule has 9 heteroatoms. The number of carbonyl (C=O) groups excluding carboxylic acids is 1. The van der Waals surface area contributed by atoms with Crippen LogP contribution in [0.3, 0.4) is 0 Å². The summed E-state index contributed by atoms with van der Waals surface area (Å²) in [6.45, 7) is 0. The van der Waals surface area contributed by atoms with Crippen molar-refractivity contribution >= 4 is 40.9 Å². The van der Waals surface area contributed by atoms with Crippen molar-refractivity contribution in [2.24, 2.45) is 4.99 Å². The quantitative estimate of drug-likeness (QED) is 0.707. The van der Waals surface area contributed by atoms with E-state index in [0.717, 1.165) is 35.9 Å². The van der Waals surface area contributed by atoms with E-state index < -0.39 is 11.7 Å². The van der Waals surface area contributed by atoms with Crippen LogP contribution in [0.1, 0.15) is 44.1 Å². The molecule has 1 heterocycles. The van der Waals surface area contributed by atoms with Crippen molar-refractivity contribution in [3.63, 3.8) is 0 Å². The lowest BCUT2D eigenvalue weighted by molar-refractivity contribution is -0.137. The fraction of sp³-hybridized carbons (Fsp3) is 0.579. The van der Waals surface area contributed by atoms with E-state index in [9.17, 15) is 18.0 Å². The predicted molar refractivity (Wildman–Crippen MR) is 110 cm³/mol. The van der Waals surface area contributed by atoms with Crippen LogP contribution in [0.25, 0.3) is 0 Å². The lowest BCUT2D eigenvalue weighted by Crippen LogP contribution is -2.34. The Morgan fingerprint density at radius 1 is 1.29 bits per heavy atom.